The number of carbonyl (C=O) groups excluding carboxylic acids is 2. The minimum atomic E-state index is -0.101. The van der Waals surface area contributed by atoms with Gasteiger partial charge in [-0.15, -0.1) is 0 Å². The van der Waals surface area contributed by atoms with Crippen molar-refractivity contribution in [1.82, 2.24) is 4.57 Å². The van der Waals surface area contributed by atoms with E-state index in [1.165, 1.54) is 18.4 Å². The van der Waals surface area contributed by atoms with E-state index in [4.69, 9.17) is 0 Å². The van der Waals surface area contributed by atoms with Gasteiger partial charge in [0.1, 0.15) is 0 Å². The molecule has 0 radical (unpaired) electrons. The van der Waals surface area contributed by atoms with E-state index in [9.17, 15) is 9.59 Å². The molecule has 2 rings (SSSR count). The maximum atomic E-state index is 11.5. The summed E-state index contributed by atoms with van der Waals surface area (Å²) in [5.74, 6) is -0.146. The molecule has 0 fully saturated rings. The first-order valence-electron chi connectivity index (χ1n) is 4.84. The van der Waals surface area contributed by atoms with Gasteiger partial charge in [-0.3, -0.25) is 14.2 Å². The van der Waals surface area contributed by atoms with E-state index >= 15 is 0 Å². The minimum Gasteiger partial charge on any atom is -0.294 e. The highest BCUT2D eigenvalue weighted by atomic mass is 79.9. The van der Waals surface area contributed by atoms with Crippen molar-refractivity contribution >= 4 is 38.5 Å². The van der Waals surface area contributed by atoms with Crippen LogP contribution >= 0.6 is 15.9 Å². The number of nitrogens with zero attached hydrogens (tertiary/aromatic N) is 1. The lowest BCUT2D eigenvalue weighted by molar-refractivity contribution is 0.0941. The molecule has 0 aliphatic heterocycles. The van der Waals surface area contributed by atoms with Crippen LogP contribution < -0.4 is 0 Å². The van der Waals surface area contributed by atoms with Gasteiger partial charge in [-0.05, 0) is 19.1 Å². The Kier molecular flexibility index (Phi) is 2.68. The second kappa shape index (κ2) is 3.87. The van der Waals surface area contributed by atoms with Gasteiger partial charge in [-0.25, -0.2) is 0 Å². The third kappa shape index (κ3) is 1.59. The van der Waals surface area contributed by atoms with Crippen molar-refractivity contribution in [2.24, 2.45) is 0 Å². The quantitative estimate of drug-likeness (QED) is 0.752. The molecular weight excluding hydrogens is 270 g/mol. The molecule has 0 saturated carbocycles. The maximum absolute atomic E-state index is 11.5. The molecule has 0 unspecified atom stereocenters. The van der Waals surface area contributed by atoms with Crippen molar-refractivity contribution in [1.29, 1.82) is 0 Å². The lowest BCUT2D eigenvalue weighted by atomic mass is 10.1. The summed E-state index contributed by atoms with van der Waals surface area (Å²) in [4.78, 5) is 22.9. The van der Waals surface area contributed by atoms with Gasteiger partial charge in [0, 0.05) is 28.5 Å². The molecule has 0 atom stereocenters. The number of fused-ring (bicyclic) bond motifs is 1. The van der Waals surface area contributed by atoms with Crippen LogP contribution in [0.1, 0.15) is 29.0 Å². The molecule has 0 bridgehead atoms. The van der Waals surface area contributed by atoms with E-state index in [1.807, 2.05) is 18.2 Å². The number of hydrogen-bond donors (Lipinski definition) is 0. The predicted octanol–water partition coefficient (Wildman–Crippen LogP) is 3.27. The highest BCUT2D eigenvalue weighted by Gasteiger charge is 2.15. The highest BCUT2D eigenvalue weighted by Crippen LogP contribution is 2.29. The molecule has 3 nitrogen and oxygen atoms in total. The third-order valence-electron chi connectivity index (χ3n) is 2.50. The molecule has 0 aliphatic carbocycles. The monoisotopic (exact) mass is 279 g/mol. The van der Waals surface area contributed by atoms with Crippen molar-refractivity contribution in [2.75, 3.05) is 0 Å². The van der Waals surface area contributed by atoms with E-state index in [-0.39, 0.29) is 11.7 Å². The second-order valence-corrected chi connectivity index (χ2v) is 4.48. The van der Waals surface area contributed by atoms with Gasteiger partial charge in [-0.2, -0.15) is 0 Å². The van der Waals surface area contributed by atoms with Gasteiger partial charge in [0.25, 0.3) is 0 Å². The van der Waals surface area contributed by atoms with E-state index in [1.54, 1.807) is 6.20 Å². The number of benzene rings is 1. The number of rotatable bonds is 1. The topological polar surface area (TPSA) is 39.1 Å². The van der Waals surface area contributed by atoms with Gasteiger partial charge in [-0.1, -0.05) is 22.0 Å². The van der Waals surface area contributed by atoms with Crippen LogP contribution in [0.5, 0.6) is 0 Å². The van der Waals surface area contributed by atoms with E-state index in [2.05, 4.69) is 15.9 Å². The number of halogens is 1. The van der Waals surface area contributed by atoms with Gasteiger partial charge >= 0.3 is 0 Å². The van der Waals surface area contributed by atoms with Crippen LogP contribution in [-0.2, 0) is 0 Å². The molecule has 2 aromatic rings. The van der Waals surface area contributed by atoms with Gasteiger partial charge in [0.15, 0.2) is 5.78 Å². The van der Waals surface area contributed by atoms with Gasteiger partial charge in [0.05, 0.1) is 5.52 Å². The lowest BCUT2D eigenvalue weighted by Gasteiger charge is -1.99. The zero-order chi connectivity index (χ0) is 11.9. The molecule has 16 heavy (non-hydrogen) atoms. The molecule has 1 heterocycles. The van der Waals surface area contributed by atoms with Crippen LogP contribution in [-0.4, -0.2) is 16.3 Å². The Bertz CT molecular complexity index is 598. The summed E-state index contributed by atoms with van der Waals surface area (Å²) in [6.07, 6.45) is 1.60. The lowest BCUT2D eigenvalue weighted by Crippen LogP contribution is -2.03. The maximum Gasteiger partial charge on any atom is 0.227 e. The average molecular weight is 280 g/mol. The first-order chi connectivity index (χ1) is 7.52. The first kappa shape index (κ1) is 11.1. The molecule has 0 aliphatic rings. The number of Topliss-reactive ketones (excluding diaryl/α,β-unsaturated/α-hetero) is 1. The fourth-order valence-electron chi connectivity index (χ4n) is 1.77. The van der Waals surface area contributed by atoms with Crippen molar-refractivity contribution < 1.29 is 9.59 Å². The fraction of sp³-hybridized carbons (Fsp3) is 0.167. The first-order valence-corrected chi connectivity index (χ1v) is 5.63. The second-order valence-electron chi connectivity index (χ2n) is 3.62. The van der Waals surface area contributed by atoms with Crippen LogP contribution in [0.25, 0.3) is 10.9 Å². The standard InChI is InChI=1S/C12H10BrNO2/c1-7(15)9-6-14(8(2)16)11-5-3-4-10(13)12(9)11/h3-6H,1-2H3. The van der Waals surface area contributed by atoms with Crippen molar-refractivity contribution in [2.45, 2.75) is 13.8 Å². The van der Waals surface area contributed by atoms with Crippen LogP contribution in [0.4, 0.5) is 0 Å². The molecule has 82 valence electrons. The summed E-state index contributed by atoms with van der Waals surface area (Å²) < 4.78 is 2.33. The third-order valence-corrected chi connectivity index (χ3v) is 3.16. The van der Waals surface area contributed by atoms with Crippen LogP contribution in [0.2, 0.25) is 0 Å². The zero-order valence-corrected chi connectivity index (χ0v) is 10.5. The van der Waals surface area contributed by atoms with Crippen LogP contribution in [0.3, 0.4) is 0 Å². The fourth-order valence-corrected chi connectivity index (χ4v) is 2.34. The summed E-state index contributed by atoms with van der Waals surface area (Å²) in [6, 6.07) is 5.53. The summed E-state index contributed by atoms with van der Waals surface area (Å²) in [6.45, 7) is 2.98. The predicted molar refractivity (Wildman–Crippen MR) is 65.9 cm³/mol. The number of carbonyl (C=O) groups is 2. The average Bonchev–Trinajstić information content (AvgIpc) is 2.58. The normalized spacial score (nSPS) is 10.7. The molecule has 0 spiro atoms. The highest BCUT2D eigenvalue weighted by molar-refractivity contribution is 9.10. The minimum absolute atomic E-state index is 0.0445. The summed E-state index contributed by atoms with van der Waals surface area (Å²) in [5.41, 5.74) is 1.32. The van der Waals surface area contributed by atoms with E-state index in [0.29, 0.717) is 5.56 Å². The van der Waals surface area contributed by atoms with Crippen molar-refractivity contribution in [3.8, 4) is 0 Å². The molecular formula is C12H10BrNO2. The molecule has 1 aromatic carbocycles. The Morgan fingerprint density at radius 2 is 1.94 bits per heavy atom. The van der Waals surface area contributed by atoms with E-state index in [0.717, 1.165) is 15.4 Å². The Morgan fingerprint density at radius 1 is 1.25 bits per heavy atom. The Morgan fingerprint density at radius 3 is 2.50 bits per heavy atom. The number of hydrogen-bond acceptors (Lipinski definition) is 2. The summed E-state index contributed by atoms with van der Waals surface area (Å²) in [5, 5.41) is 0.796. The molecule has 0 amide bonds. The molecule has 4 heteroatoms. The SMILES string of the molecule is CC(=O)c1cn(C(C)=O)c2cccc(Br)c12. The van der Waals surface area contributed by atoms with Gasteiger partial charge < -0.3 is 0 Å². The zero-order valence-electron chi connectivity index (χ0n) is 8.95. The smallest absolute Gasteiger partial charge is 0.227 e. The molecule has 1 aromatic heterocycles. The van der Waals surface area contributed by atoms with Crippen molar-refractivity contribution in [3.05, 3.63) is 34.4 Å². The van der Waals surface area contributed by atoms with Crippen LogP contribution in [0, 0.1) is 0 Å². The summed E-state index contributed by atoms with van der Waals surface area (Å²) in [7, 11) is 0. The Hall–Kier alpha value is -1.42. The Labute approximate surface area is 101 Å². The number of aromatic nitrogens is 1. The van der Waals surface area contributed by atoms with Gasteiger partial charge in [0.2, 0.25) is 5.91 Å². The summed E-state index contributed by atoms with van der Waals surface area (Å²) >= 11 is 3.40. The van der Waals surface area contributed by atoms with Crippen LogP contribution in [0.15, 0.2) is 28.9 Å². The van der Waals surface area contributed by atoms with Crippen molar-refractivity contribution in [3.63, 3.8) is 0 Å². The Balaban J connectivity index is 2.93. The van der Waals surface area contributed by atoms with E-state index < -0.39 is 0 Å². The largest absolute Gasteiger partial charge is 0.294 e. The number of ketones is 1. The molecule has 0 N–H and O–H groups in total. The molecule has 0 saturated heterocycles.